The zero-order valence-corrected chi connectivity index (χ0v) is 21.5. The number of rotatable bonds is 4. The first kappa shape index (κ1) is 24.5. The minimum absolute atomic E-state index is 0.229. The van der Waals surface area contributed by atoms with Crippen LogP contribution in [-0.2, 0) is 11.2 Å². The zero-order chi connectivity index (χ0) is 24.5. The van der Waals surface area contributed by atoms with Crippen molar-refractivity contribution in [2.75, 3.05) is 18.0 Å². The lowest BCUT2D eigenvalue weighted by atomic mass is 9.93. The molecular weight excluding hydrogens is 468 g/mol. The van der Waals surface area contributed by atoms with Gasteiger partial charge in [-0.3, -0.25) is 14.6 Å². The van der Waals surface area contributed by atoms with Crippen LogP contribution in [0.4, 0.5) is 10.5 Å². The summed E-state index contributed by atoms with van der Waals surface area (Å²) >= 11 is 7.25. The first-order chi connectivity index (χ1) is 16.2. The van der Waals surface area contributed by atoms with E-state index in [1.165, 1.54) is 5.56 Å². The third-order valence-electron chi connectivity index (χ3n) is 5.96. The predicted molar refractivity (Wildman–Crippen MR) is 141 cm³/mol. The van der Waals surface area contributed by atoms with E-state index in [0.717, 1.165) is 64.5 Å². The molecule has 2 aromatic rings. The van der Waals surface area contributed by atoms with Gasteiger partial charge in [0.1, 0.15) is 5.84 Å². The van der Waals surface area contributed by atoms with Crippen LogP contribution >= 0.6 is 23.4 Å². The third-order valence-corrected chi connectivity index (χ3v) is 7.27. The summed E-state index contributed by atoms with van der Waals surface area (Å²) in [5, 5.41) is 5.92. The van der Waals surface area contributed by atoms with Crippen molar-refractivity contribution in [2.45, 2.75) is 51.7 Å². The van der Waals surface area contributed by atoms with Crippen LogP contribution in [0.25, 0.3) is 0 Å². The Balaban J connectivity index is 1.74. The number of hydrogen-bond acceptors (Lipinski definition) is 5. The van der Waals surface area contributed by atoms with E-state index in [2.05, 4.69) is 22.1 Å². The number of carbonyl (C=O) groups is 2. The number of aliphatic imine (C=N–C) groups is 1. The van der Waals surface area contributed by atoms with Gasteiger partial charge in [-0.1, -0.05) is 24.6 Å². The molecule has 8 heteroatoms. The molecule has 2 heterocycles. The molecule has 2 aromatic carbocycles. The monoisotopic (exact) mass is 496 g/mol. The molecule has 0 fully saturated rings. The number of fused-ring (bicyclic) bond motifs is 1. The van der Waals surface area contributed by atoms with Gasteiger partial charge in [-0.2, -0.15) is 10.1 Å². The van der Waals surface area contributed by atoms with E-state index in [0.29, 0.717) is 11.6 Å². The van der Waals surface area contributed by atoms with E-state index in [9.17, 15) is 9.59 Å². The van der Waals surface area contributed by atoms with Gasteiger partial charge in [-0.25, -0.2) is 0 Å². The topological polar surface area (TPSA) is 65.3 Å². The molecular formula is C26H29ClN4O2S. The lowest BCUT2D eigenvalue weighted by Gasteiger charge is -2.35. The molecule has 0 aliphatic carbocycles. The summed E-state index contributed by atoms with van der Waals surface area (Å²) in [5.74, 6) is 0.641. The van der Waals surface area contributed by atoms with Crippen molar-refractivity contribution in [2.24, 2.45) is 10.1 Å². The number of halogens is 1. The van der Waals surface area contributed by atoms with Crippen molar-refractivity contribution in [3.8, 4) is 0 Å². The number of hydrazone groups is 1. The Morgan fingerprint density at radius 3 is 2.59 bits per heavy atom. The van der Waals surface area contributed by atoms with Crippen LogP contribution in [0.2, 0.25) is 5.02 Å². The third kappa shape index (κ3) is 4.77. The van der Waals surface area contributed by atoms with Gasteiger partial charge in [0.25, 0.3) is 0 Å². The Morgan fingerprint density at radius 2 is 1.91 bits per heavy atom. The first-order valence-electron chi connectivity index (χ1n) is 11.6. The summed E-state index contributed by atoms with van der Waals surface area (Å²) in [6.45, 7) is 9.28. The van der Waals surface area contributed by atoms with Gasteiger partial charge < -0.3 is 4.90 Å². The highest BCUT2D eigenvalue weighted by atomic mass is 35.5. The highest BCUT2D eigenvalue weighted by Crippen LogP contribution is 2.38. The van der Waals surface area contributed by atoms with E-state index in [4.69, 9.17) is 16.6 Å². The van der Waals surface area contributed by atoms with Crippen molar-refractivity contribution in [3.63, 3.8) is 0 Å². The van der Waals surface area contributed by atoms with Crippen molar-refractivity contribution >= 4 is 51.7 Å². The maximum atomic E-state index is 12.5. The number of benzene rings is 2. The van der Waals surface area contributed by atoms with Crippen LogP contribution in [0.5, 0.6) is 0 Å². The molecule has 0 saturated carbocycles. The second kappa shape index (κ2) is 9.92. The maximum absolute atomic E-state index is 12.5. The Kier molecular flexibility index (Phi) is 7.14. The van der Waals surface area contributed by atoms with Crippen LogP contribution in [-0.4, -0.2) is 45.5 Å². The van der Waals surface area contributed by atoms with E-state index in [1.807, 2.05) is 51.1 Å². The van der Waals surface area contributed by atoms with Crippen LogP contribution in [0.3, 0.4) is 0 Å². The van der Waals surface area contributed by atoms with Crippen LogP contribution < -0.4 is 4.90 Å². The van der Waals surface area contributed by atoms with E-state index in [1.54, 1.807) is 6.92 Å². The molecule has 6 nitrogen and oxygen atoms in total. The van der Waals surface area contributed by atoms with Crippen LogP contribution in [0.15, 0.2) is 52.6 Å². The van der Waals surface area contributed by atoms with Gasteiger partial charge in [-0.15, -0.1) is 0 Å². The SMILES string of the molecule is CCN=C(c1ccc(Cl)cc1)N1CCCc2cc(C3=NN(C(=O)CC)C(=O)SC3(C)C)ccc21. The molecule has 178 valence electrons. The fourth-order valence-electron chi connectivity index (χ4n) is 4.33. The molecule has 0 spiro atoms. The van der Waals surface area contributed by atoms with Gasteiger partial charge in [-0.05, 0) is 92.9 Å². The molecule has 0 atom stereocenters. The van der Waals surface area contributed by atoms with Gasteiger partial charge in [0.15, 0.2) is 0 Å². The van der Waals surface area contributed by atoms with Gasteiger partial charge in [0, 0.05) is 35.8 Å². The maximum Gasteiger partial charge on any atom is 0.309 e. The van der Waals surface area contributed by atoms with Crippen molar-refractivity contribution in [1.29, 1.82) is 0 Å². The fraction of sp³-hybridized carbons (Fsp3) is 0.385. The molecule has 2 aliphatic heterocycles. The molecule has 0 aromatic heterocycles. The standard InChI is InChI=1S/C26H29ClN4O2S/c1-5-22(32)31-25(33)34-26(3,4)23(29-31)19-11-14-21-18(16-19)8-7-15-30(21)24(28-6-2)17-9-12-20(27)13-10-17/h9-14,16H,5-8,15H2,1-4H3. The molecule has 4 rings (SSSR count). The van der Waals surface area contributed by atoms with Gasteiger partial charge in [0.05, 0.1) is 10.5 Å². The molecule has 34 heavy (non-hydrogen) atoms. The Morgan fingerprint density at radius 1 is 1.18 bits per heavy atom. The van der Waals surface area contributed by atoms with Crippen molar-refractivity contribution in [3.05, 3.63) is 64.2 Å². The summed E-state index contributed by atoms with van der Waals surface area (Å²) in [6, 6.07) is 14.1. The van der Waals surface area contributed by atoms with Crippen LogP contribution in [0.1, 0.15) is 57.2 Å². The number of nitrogens with zero attached hydrogens (tertiary/aromatic N) is 4. The van der Waals surface area contributed by atoms with Gasteiger partial charge >= 0.3 is 5.24 Å². The molecule has 0 bridgehead atoms. The summed E-state index contributed by atoms with van der Waals surface area (Å²) in [6.07, 6.45) is 2.17. The van der Waals surface area contributed by atoms with E-state index < -0.39 is 4.75 Å². The molecule has 0 N–H and O–H groups in total. The minimum atomic E-state index is -0.539. The molecule has 0 saturated heterocycles. The van der Waals surface area contributed by atoms with Gasteiger partial charge in [0.2, 0.25) is 5.91 Å². The number of amides is 2. The lowest BCUT2D eigenvalue weighted by Crippen LogP contribution is -2.43. The average molecular weight is 497 g/mol. The Labute approximate surface area is 210 Å². The Bertz CT molecular complexity index is 1170. The quantitative estimate of drug-likeness (QED) is 0.376. The number of amidine groups is 1. The molecule has 2 aliphatic rings. The van der Waals surface area contributed by atoms with E-state index in [-0.39, 0.29) is 17.6 Å². The summed E-state index contributed by atoms with van der Waals surface area (Å²) < 4.78 is -0.539. The smallest absolute Gasteiger partial charge is 0.309 e. The Hall–Kier alpha value is -2.64. The highest BCUT2D eigenvalue weighted by molar-refractivity contribution is 8.15. The number of aryl methyl sites for hydroxylation is 1. The molecule has 0 radical (unpaired) electrons. The number of anilines is 1. The predicted octanol–water partition coefficient (Wildman–Crippen LogP) is 6.15. The molecule has 2 amide bonds. The average Bonchev–Trinajstić information content (AvgIpc) is 2.81. The normalized spacial score (nSPS) is 18.0. The number of carbonyl (C=O) groups excluding carboxylic acids is 2. The number of imide groups is 1. The zero-order valence-electron chi connectivity index (χ0n) is 20.0. The fourth-order valence-corrected chi connectivity index (χ4v) is 5.38. The van der Waals surface area contributed by atoms with E-state index >= 15 is 0 Å². The summed E-state index contributed by atoms with van der Waals surface area (Å²) in [7, 11) is 0. The second-order valence-electron chi connectivity index (χ2n) is 8.79. The van der Waals surface area contributed by atoms with Crippen LogP contribution in [0, 0.1) is 0 Å². The number of hydrogen-bond donors (Lipinski definition) is 0. The first-order valence-corrected chi connectivity index (χ1v) is 12.8. The number of thioether (sulfide) groups is 1. The minimum Gasteiger partial charge on any atom is -0.326 e. The van der Waals surface area contributed by atoms with Crippen molar-refractivity contribution < 1.29 is 9.59 Å². The van der Waals surface area contributed by atoms with Crippen molar-refractivity contribution in [1.82, 2.24) is 5.01 Å². The lowest BCUT2D eigenvalue weighted by molar-refractivity contribution is -0.127. The second-order valence-corrected chi connectivity index (χ2v) is 10.8. The molecule has 0 unspecified atom stereocenters. The largest absolute Gasteiger partial charge is 0.326 e. The summed E-state index contributed by atoms with van der Waals surface area (Å²) in [5.41, 5.74) is 5.02. The highest BCUT2D eigenvalue weighted by Gasteiger charge is 2.39. The summed E-state index contributed by atoms with van der Waals surface area (Å²) in [4.78, 5) is 31.9.